The Labute approximate surface area is 127 Å². The van der Waals surface area contributed by atoms with Gasteiger partial charge in [-0.15, -0.1) is 0 Å². The Morgan fingerprint density at radius 1 is 1.45 bits per heavy atom. The molecule has 1 aliphatic heterocycles. The van der Waals surface area contributed by atoms with Crippen LogP contribution in [0.1, 0.15) is 26.0 Å². The normalized spacial score (nSPS) is 19.6. The van der Waals surface area contributed by atoms with Gasteiger partial charge in [-0.2, -0.15) is 0 Å². The Bertz CT molecular complexity index is 456. The van der Waals surface area contributed by atoms with Gasteiger partial charge in [0.15, 0.2) is 4.67 Å². The smallest absolute Gasteiger partial charge is 0.308 e. The number of furan rings is 1. The van der Waals surface area contributed by atoms with Crippen molar-refractivity contribution in [3.63, 3.8) is 0 Å². The third-order valence-electron chi connectivity index (χ3n) is 3.61. The standard InChI is InChI=1S/C14H20BrNO4/c1-3-19-13(17)10-14(2,11-4-5-12(15)20-11)16-6-8-18-9-7-16/h4-5H,3,6-10H2,1-2H3. The highest BCUT2D eigenvalue weighted by atomic mass is 79.9. The Morgan fingerprint density at radius 3 is 2.70 bits per heavy atom. The topological polar surface area (TPSA) is 51.9 Å². The number of nitrogens with zero attached hydrogens (tertiary/aromatic N) is 1. The van der Waals surface area contributed by atoms with Gasteiger partial charge in [0.25, 0.3) is 0 Å². The Balaban J connectivity index is 2.24. The van der Waals surface area contributed by atoms with Crippen LogP contribution in [0.15, 0.2) is 21.2 Å². The number of rotatable bonds is 5. The summed E-state index contributed by atoms with van der Waals surface area (Å²) in [5.74, 6) is 0.549. The zero-order valence-electron chi connectivity index (χ0n) is 11.9. The van der Waals surface area contributed by atoms with E-state index >= 15 is 0 Å². The van der Waals surface area contributed by atoms with Crippen LogP contribution in [0.5, 0.6) is 0 Å². The molecule has 1 aliphatic rings. The molecule has 20 heavy (non-hydrogen) atoms. The number of carbonyl (C=O) groups is 1. The first-order valence-electron chi connectivity index (χ1n) is 6.80. The molecule has 1 fully saturated rings. The molecule has 5 nitrogen and oxygen atoms in total. The van der Waals surface area contributed by atoms with Crippen molar-refractivity contribution in [3.05, 3.63) is 22.6 Å². The maximum absolute atomic E-state index is 11.9. The van der Waals surface area contributed by atoms with Crippen LogP contribution >= 0.6 is 15.9 Å². The molecule has 1 aromatic rings. The summed E-state index contributed by atoms with van der Waals surface area (Å²) in [7, 11) is 0. The lowest BCUT2D eigenvalue weighted by molar-refractivity contribution is -0.148. The third-order valence-corrected chi connectivity index (χ3v) is 4.03. The summed E-state index contributed by atoms with van der Waals surface area (Å²) < 4.78 is 16.9. The van der Waals surface area contributed by atoms with E-state index in [0.29, 0.717) is 24.5 Å². The second-order valence-electron chi connectivity index (χ2n) is 4.96. The van der Waals surface area contributed by atoms with Gasteiger partial charge in [0.1, 0.15) is 5.76 Å². The number of hydrogen-bond donors (Lipinski definition) is 0. The summed E-state index contributed by atoms with van der Waals surface area (Å²) in [6.07, 6.45) is 0.265. The van der Waals surface area contributed by atoms with E-state index in [0.717, 1.165) is 18.8 Å². The third kappa shape index (κ3) is 3.42. The number of morpholine rings is 1. The molecule has 0 aliphatic carbocycles. The second kappa shape index (κ2) is 6.74. The Hall–Kier alpha value is -0.850. The van der Waals surface area contributed by atoms with Crippen LogP contribution in [0.3, 0.4) is 0 Å². The molecule has 2 rings (SSSR count). The van der Waals surface area contributed by atoms with Crippen LogP contribution in [-0.2, 0) is 19.8 Å². The number of ether oxygens (including phenoxy) is 2. The van der Waals surface area contributed by atoms with E-state index in [1.165, 1.54) is 0 Å². The molecule has 1 aromatic heterocycles. The van der Waals surface area contributed by atoms with Gasteiger partial charge in [-0.25, -0.2) is 0 Å². The van der Waals surface area contributed by atoms with Crippen molar-refractivity contribution in [2.24, 2.45) is 0 Å². The predicted molar refractivity (Wildman–Crippen MR) is 77.4 cm³/mol. The fourth-order valence-corrected chi connectivity index (χ4v) is 2.82. The molecule has 0 N–H and O–H groups in total. The average molecular weight is 346 g/mol. The van der Waals surface area contributed by atoms with Crippen molar-refractivity contribution in [3.8, 4) is 0 Å². The van der Waals surface area contributed by atoms with Gasteiger partial charge in [0, 0.05) is 13.1 Å². The van der Waals surface area contributed by atoms with E-state index in [2.05, 4.69) is 20.8 Å². The van der Waals surface area contributed by atoms with Crippen molar-refractivity contribution in [1.29, 1.82) is 0 Å². The molecule has 1 unspecified atom stereocenters. The molecule has 0 saturated carbocycles. The molecule has 2 heterocycles. The van der Waals surface area contributed by atoms with Gasteiger partial charge >= 0.3 is 5.97 Å². The highest BCUT2D eigenvalue weighted by Crippen LogP contribution is 2.35. The van der Waals surface area contributed by atoms with Crippen molar-refractivity contribution in [1.82, 2.24) is 4.90 Å². The first kappa shape index (κ1) is 15.5. The van der Waals surface area contributed by atoms with Gasteiger partial charge in [-0.05, 0) is 41.9 Å². The van der Waals surface area contributed by atoms with Crippen LogP contribution in [-0.4, -0.2) is 43.8 Å². The molecule has 0 amide bonds. The molecule has 0 radical (unpaired) electrons. The van der Waals surface area contributed by atoms with Crippen molar-refractivity contribution < 1.29 is 18.7 Å². The van der Waals surface area contributed by atoms with Crippen LogP contribution in [0.2, 0.25) is 0 Å². The first-order chi connectivity index (χ1) is 9.56. The second-order valence-corrected chi connectivity index (χ2v) is 5.74. The van der Waals surface area contributed by atoms with E-state index in [4.69, 9.17) is 13.9 Å². The van der Waals surface area contributed by atoms with Crippen molar-refractivity contribution >= 4 is 21.9 Å². The minimum Gasteiger partial charge on any atom is -0.466 e. The van der Waals surface area contributed by atoms with Crippen molar-refractivity contribution in [2.45, 2.75) is 25.8 Å². The largest absolute Gasteiger partial charge is 0.466 e. The molecule has 1 saturated heterocycles. The van der Waals surface area contributed by atoms with Crippen LogP contribution in [0.25, 0.3) is 0 Å². The lowest BCUT2D eigenvalue weighted by Gasteiger charge is -2.41. The summed E-state index contributed by atoms with van der Waals surface area (Å²) >= 11 is 3.32. The van der Waals surface area contributed by atoms with E-state index in [-0.39, 0.29) is 12.4 Å². The van der Waals surface area contributed by atoms with E-state index in [9.17, 15) is 4.79 Å². The first-order valence-corrected chi connectivity index (χ1v) is 7.60. The number of carbonyl (C=O) groups excluding carboxylic acids is 1. The molecule has 112 valence electrons. The van der Waals surface area contributed by atoms with Crippen LogP contribution in [0, 0.1) is 0 Å². The number of halogens is 1. The van der Waals surface area contributed by atoms with Gasteiger partial charge < -0.3 is 13.9 Å². The lowest BCUT2D eigenvalue weighted by atomic mass is 9.91. The lowest BCUT2D eigenvalue weighted by Crippen LogP contribution is -2.50. The summed E-state index contributed by atoms with van der Waals surface area (Å²) in [4.78, 5) is 14.2. The van der Waals surface area contributed by atoms with Gasteiger partial charge in [0.2, 0.25) is 0 Å². The minimum absolute atomic E-state index is 0.214. The summed E-state index contributed by atoms with van der Waals surface area (Å²) in [5, 5.41) is 0. The number of esters is 1. The van der Waals surface area contributed by atoms with E-state index in [1.54, 1.807) is 0 Å². The SMILES string of the molecule is CCOC(=O)CC(C)(c1ccc(Br)o1)N1CCOCC1. The Morgan fingerprint density at radius 2 is 2.15 bits per heavy atom. The molecule has 1 atom stereocenters. The highest BCUT2D eigenvalue weighted by molar-refractivity contribution is 9.10. The van der Waals surface area contributed by atoms with Crippen LogP contribution in [0.4, 0.5) is 0 Å². The van der Waals surface area contributed by atoms with Crippen molar-refractivity contribution in [2.75, 3.05) is 32.9 Å². The summed E-state index contributed by atoms with van der Waals surface area (Å²) in [6.45, 7) is 7.09. The number of hydrogen-bond acceptors (Lipinski definition) is 5. The molecule has 0 aromatic carbocycles. The van der Waals surface area contributed by atoms with Gasteiger partial charge in [-0.3, -0.25) is 9.69 Å². The maximum atomic E-state index is 11.9. The molecule has 0 spiro atoms. The molecular weight excluding hydrogens is 326 g/mol. The monoisotopic (exact) mass is 345 g/mol. The summed E-state index contributed by atoms with van der Waals surface area (Å²) in [5.41, 5.74) is -0.512. The van der Waals surface area contributed by atoms with Gasteiger partial charge in [0.05, 0.1) is 31.8 Å². The Kier molecular flexibility index (Phi) is 5.23. The highest BCUT2D eigenvalue weighted by Gasteiger charge is 2.40. The fourth-order valence-electron chi connectivity index (χ4n) is 2.51. The quantitative estimate of drug-likeness (QED) is 0.767. The summed E-state index contributed by atoms with van der Waals surface area (Å²) in [6, 6.07) is 3.75. The fraction of sp³-hybridized carbons (Fsp3) is 0.643. The minimum atomic E-state index is -0.512. The van der Waals surface area contributed by atoms with Gasteiger partial charge in [-0.1, -0.05) is 0 Å². The van der Waals surface area contributed by atoms with E-state index < -0.39 is 5.54 Å². The van der Waals surface area contributed by atoms with Crippen LogP contribution < -0.4 is 0 Å². The zero-order chi connectivity index (χ0) is 14.6. The zero-order valence-corrected chi connectivity index (χ0v) is 13.4. The predicted octanol–water partition coefficient (Wildman–Crippen LogP) is 2.54. The van der Waals surface area contributed by atoms with E-state index in [1.807, 2.05) is 26.0 Å². The molecule has 6 heteroatoms. The molecule has 0 bridgehead atoms. The average Bonchev–Trinajstić information content (AvgIpc) is 2.87. The molecular formula is C14H20BrNO4. The maximum Gasteiger partial charge on any atom is 0.308 e.